The molecule has 1 aliphatic heterocycles. The molecule has 0 aliphatic carbocycles. The third-order valence-corrected chi connectivity index (χ3v) is 0.750. The fourth-order valence-electron chi connectivity index (χ4n) is 0.302. The van der Waals surface area contributed by atoms with Crippen LogP contribution in [0.2, 0.25) is 0 Å². The van der Waals surface area contributed by atoms with E-state index in [0.29, 0.717) is 0 Å². The standard InChI is InChI=1S/C4H7N/c1-4-2-5-3-4/h5H,1-3H2. The molecular weight excluding hydrogens is 62.1 g/mol. The van der Waals surface area contributed by atoms with Crippen LogP contribution in [0.3, 0.4) is 0 Å². The molecule has 1 aliphatic rings. The maximum Gasteiger partial charge on any atom is 0.0177 e. The summed E-state index contributed by atoms with van der Waals surface area (Å²) in [7, 11) is 0. The van der Waals surface area contributed by atoms with E-state index in [2.05, 4.69) is 11.9 Å². The minimum atomic E-state index is 1.04. The van der Waals surface area contributed by atoms with Crippen molar-refractivity contribution in [1.82, 2.24) is 5.32 Å². The summed E-state index contributed by atoms with van der Waals surface area (Å²) in [5.41, 5.74) is 1.32. The first-order valence-electron chi connectivity index (χ1n) is 1.77. The summed E-state index contributed by atoms with van der Waals surface area (Å²) in [5, 5.41) is 3.06. The van der Waals surface area contributed by atoms with Gasteiger partial charge in [-0.25, -0.2) is 0 Å². The molecule has 28 valence electrons. The second kappa shape index (κ2) is 0.830. The predicted molar refractivity (Wildman–Crippen MR) is 22.0 cm³/mol. The van der Waals surface area contributed by atoms with Gasteiger partial charge in [0.25, 0.3) is 0 Å². The Hall–Kier alpha value is -0.300. The maximum atomic E-state index is 3.70. The van der Waals surface area contributed by atoms with Crippen molar-refractivity contribution >= 4 is 0 Å². The van der Waals surface area contributed by atoms with Crippen LogP contribution >= 0.6 is 0 Å². The molecule has 0 saturated carbocycles. The monoisotopic (exact) mass is 69.1 g/mol. The van der Waals surface area contributed by atoms with Crippen LogP contribution in [-0.2, 0) is 0 Å². The van der Waals surface area contributed by atoms with E-state index in [-0.39, 0.29) is 0 Å². The highest BCUT2D eigenvalue weighted by Gasteiger charge is 2.00. The van der Waals surface area contributed by atoms with Crippen LogP contribution in [0.15, 0.2) is 12.2 Å². The van der Waals surface area contributed by atoms with Gasteiger partial charge in [0.15, 0.2) is 0 Å². The lowest BCUT2D eigenvalue weighted by molar-refractivity contribution is 0.672. The molecule has 0 radical (unpaired) electrons. The van der Waals surface area contributed by atoms with Crippen LogP contribution < -0.4 is 5.32 Å². The van der Waals surface area contributed by atoms with E-state index in [4.69, 9.17) is 0 Å². The van der Waals surface area contributed by atoms with Crippen LogP contribution in [0.25, 0.3) is 0 Å². The normalized spacial score (nSPS) is 22.0. The van der Waals surface area contributed by atoms with Crippen molar-refractivity contribution in [2.75, 3.05) is 13.1 Å². The minimum Gasteiger partial charge on any atom is -0.309 e. The molecule has 0 aromatic carbocycles. The van der Waals surface area contributed by atoms with Crippen molar-refractivity contribution in [3.05, 3.63) is 12.2 Å². The van der Waals surface area contributed by atoms with Gasteiger partial charge < -0.3 is 5.32 Å². The molecule has 1 heteroatoms. The van der Waals surface area contributed by atoms with E-state index >= 15 is 0 Å². The van der Waals surface area contributed by atoms with E-state index in [0.717, 1.165) is 13.1 Å². The maximum absolute atomic E-state index is 3.70. The molecule has 0 spiro atoms. The zero-order valence-corrected chi connectivity index (χ0v) is 3.12. The van der Waals surface area contributed by atoms with Crippen molar-refractivity contribution in [3.8, 4) is 0 Å². The van der Waals surface area contributed by atoms with Crippen LogP contribution in [0.5, 0.6) is 0 Å². The molecule has 1 N–H and O–H groups in total. The van der Waals surface area contributed by atoms with Gasteiger partial charge in [0.2, 0.25) is 0 Å². The van der Waals surface area contributed by atoms with Gasteiger partial charge in [0, 0.05) is 13.1 Å². The molecule has 1 saturated heterocycles. The van der Waals surface area contributed by atoms with Crippen molar-refractivity contribution in [1.29, 1.82) is 0 Å². The van der Waals surface area contributed by atoms with Gasteiger partial charge in [-0.2, -0.15) is 0 Å². The molecule has 1 rings (SSSR count). The highest BCUT2D eigenvalue weighted by atomic mass is 14.9. The molecule has 1 fully saturated rings. The number of hydrogen-bond donors (Lipinski definition) is 1. The minimum absolute atomic E-state index is 1.04. The van der Waals surface area contributed by atoms with Gasteiger partial charge in [-0.1, -0.05) is 6.58 Å². The first-order chi connectivity index (χ1) is 2.39. The molecule has 1 nitrogen and oxygen atoms in total. The molecule has 0 aromatic rings. The second-order valence-corrected chi connectivity index (χ2v) is 1.35. The predicted octanol–water partition coefficient (Wildman–Crippen LogP) is 0.146. The number of hydrogen-bond acceptors (Lipinski definition) is 1. The van der Waals surface area contributed by atoms with Gasteiger partial charge in [-0.05, 0) is 5.57 Å². The summed E-state index contributed by atoms with van der Waals surface area (Å²) in [6.45, 7) is 5.78. The van der Waals surface area contributed by atoms with Crippen molar-refractivity contribution in [2.45, 2.75) is 0 Å². The topological polar surface area (TPSA) is 12.0 Å². The first kappa shape index (κ1) is 2.91. The smallest absolute Gasteiger partial charge is 0.0177 e. The zero-order chi connectivity index (χ0) is 3.70. The van der Waals surface area contributed by atoms with E-state index in [9.17, 15) is 0 Å². The molecule has 0 aromatic heterocycles. The highest BCUT2D eigenvalue weighted by molar-refractivity contribution is 5.07. The lowest BCUT2D eigenvalue weighted by atomic mass is 10.2. The van der Waals surface area contributed by atoms with Crippen LogP contribution in [0, 0.1) is 0 Å². The van der Waals surface area contributed by atoms with Gasteiger partial charge >= 0.3 is 0 Å². The third-order valence-electron chi connectivity index (χ3n) is 0.750. The Morgan fingerprint density at radius 2 is 2.00 bits per heavy atom. The Morgan fingerprint density at radius 1 is 1.60 bits per heavy atom. The van der Waals surface area contributed by atoms with E-state index in [1.54, 1.807) is 0 Å². The molecule has 0 amide bonds. The van der Waals surface area contributed by atoms with E-state index in [1.807, 2.05) is 0 Å². The summed E-state index contributed by atoms with van der Waals surface area (Å²) >= 11 is 0. The van der Waals surface area contributed by atoms with Crippen molar-refractivity contribution < 1.29 is 0 Å². The summed E-state index contributed by atoms with van der Waals surface area (Å²) in [5.74, 6) is 0. The van der Waals surface area contributed by atoms with E-state index in [1.165, 1.54) is 5.57 Å². The average molecular weight is 69.1 g/mol. The molecule has 0 unspecified atom stereocenters. The Balaban J connectivity index is 2.32. The van der Waals surface area contributed by atoms with Crippen molar-refractivity contribution in [2.24, 2.45) is 0 Å². The van der Waals surface area contributed by atoms with Crippen LogP contribution in [0.1, 0.15) is 0 Å². The molecule has 5 heavy (non-hydrogen) atoms. The summed E-state index contributed by atoms with van der Waals surface area (Å²) in [4.78, 5) is 0. The SMILES string of the molecule is C=C1CNC1. The van der Waals surface area contributed by atoms with Crippen LogP contribution in [-0.4, -0.2) is 13.1 Å². The number of nitrogens with one attached hydrogen (secondary N) is 1. The Bertz CT molecular complexity index is 50.7. The summed E-state index contributed by atoms with van der Waals surface area (Å²) < 4.78 is 0. The lowest BCUT2D eigenvalue weighted by Crippen LogP contribution is -2.32. The van der Waals surface area contributed by atoms with E-state index < -0.39 is 0 Å². The Labute approximate surface area is 31.7 Å². The molecular formula is C4H7N. The highest BCUT2D eigenvalue weighted by Crippen LogP contribution is 1.92. The van der Waals surface area contributed by atoms with Crippen molar-refractivity contribution in [3.63, 3.8) is 0 Å². The Morgan fingerprint density at radius 3 is 2.00 bits per heavy atom. The number of rotatable bonds is 0. The average Bonchev–Trinajstić information content (AvgIpc) is 1.30. The molecule has 0 atom stereocenters. The largest absolute Gasteiger partial charge is 0.309 e. The summed E-state index contributed by atoms with van der Waals surface area (Å²) in [6.07, 6.45) is 0. The molecule has 1 heterocycles. The van der Waals surface area contributed by atoms with Crippen LogP contribution in [0.4, 0.5) is 0 Å². The van der Waals surface area contributed by atoms with Gasteiger partial charge in [0.1, 0.15) is 0 Å². The third kappa shape index (κ3) is 0.329. The fourth-order valence-corrected chi connectivity index (χ4v) is 0.302. The Kier molecular flexibility index (Phi) is 0.484. The van der Waals surface area contributed by atoms with Gasteiger partial charge in [-0.15, -0.1) is 0 Å². The first-order valence-corrected chi connectivity index (χ1v) is 1.77. The fraction of sp³-hybridized carbons (Fsp3) is 0.500. The zero-order valence-electron chi connectivity index (χ0n) is 3.12. The second-order valence-electron chi connectivity index (χ2n) is 1.35. The van der Waals surface area contributed by atoms with Gasteiger partial charge in [-0.3, -0.25) is 0 Å². The van der Waals surface area contributed by atoms with Gasteiger partial charge in [0.05, 0.1) is 0 Å². The molecule has 0 bridgehead atoms. The summed E-state index contributed by atoms with van der Waals surface area (Å²) in [6, 6.07) is 0. The lowest BCUT2D eigenvalue weighted by Gasteiger charge is -2.15. The quantitative estimate of drug-likeness (QED) is 0.399.